The third kappa shape index (κ3) is 4.98. The van der Waals surface area contributed by atoms with Crippen molar-refractivity contribution in [3.63, 3.8) is 0 Å². The van der Waals surface area contributed by atoms with Crippen molar-refractivity contribution in [3.8, 4) is 5.75 Å². The number of hydrazone groups is 1. The van der Waals surface area contributed by atoms with E-state index in [0.29, 0.717) is 24.2 Å². The van der Waals surface area contributed by atoms with Crippen LogP contribution in [0.5, 0.6) is 5.75 Å². The summed E-state index contributed by atoms with van der Waals surface area (Å²) in [6, 6.07) is 16.3. The zero-order valence-electron chi connectivity index (χ0n) is 21.4. The predicted octanol–water partition coefficient (Wildman–Crippen LogP) is 6.65. The number of hydrogen-bond acceptors (Lipinski definition) is 5. The lowest BCUT2D eigenvalue weighted by Crippen LogP contribution is -2.35. The molecule has 1 N–H and O–H groups in total. The van der Waals surface area contributed by atoms with Gasteiger partial charge < -0.3 is 9.30 Å². The Morgan fingerprint density at radius 3 is 2.73 bits per heavy atom. The lowest BCUT2D eigenvalue weighted by atomic mass is 9.98. The topological polar surface area (TPSA) is 83.0 Å². The smallest absolute Gasteiger partial charge is 0.283 e. The first kappa shape index (κ1) is 25.0. The van der Waals surface area contributed by atoms with Gasteiger partial charge in [-0.05, 0) is 60.7 Å². The molecule has 0 spiro atoms. The van der Waals surface area contributed by atoms with Crippen LogP contribution in [0.2, 0.25) is 0 Å². The molecule has 0 saturated carbocycles. The molecule has 3 heterocycles. The van der Waals surface area contributed by atoms with Crippen LogP contribution in [0, 0.1) is 5.41 Å². The molecule has 7 nitrogen and oxygen atoms in total. The summed E-state index contributed by atoms with van der Waals surface area (Å²) < 4.78 is 8.36. The van der Waals surface area contributed by atoms with Crippen LogP contribution >= 0.6 is 11.8 Å². The number of aliphatic imine (C=N–C) groups is 1. The van der Waals surface area contributed by atoms with E-state index in [-0.39, 0.29) is 11.4 Å². The monoisotopic (exact) mass is 513 g/mol. The fraction of sp³-hybridized carbons (Fsp3) is 0.310. The number of nitrogens with one attached hydrogen (secondary N) is 1. The summed E-state index contributed by atoms with van der Waals surface area (Å²) in [7, 11) is 0. The molecule has 0 fully saturated rings. The number of benzene rings is 2. The number of hydrogen-bond donors (Lipinski definition) is 1. The van der Waals surface area contributed by atoms with Crippen LogP contribution in [0.15, 0.2) is 70.4 Å². The minimum absolute atomic E-state index is 0.0652. The summed E-state index contributed by atoms with van der Waals surface area (Å²) in [5, 5.41) is 17.0. The van der Waals surface area contributed by atoms with E-state index in [2.05, 4.69) is 53.6 Å². The number of carbonyl (C=O) groups excluding carboxylic acids is 1. The third-order valence-corrected chi connectivity index (χ3v) is 7.70. The minimum atomic E-state index is -0.404. The third-order valence-electron chi connectivity index (χ3n) is 6.73. The fourth-order valence-corrected chi connectivity index (χ4v) is 5.56. The molecular weight excluding hydrogens is 482 g/mol. The number of amidine groups is 2. The molecule has 2 aliphatic heterocycles. The first-order chi connectivity index (χ1) is 18.0. The van der Waals surface area contributed by atoms with Gasteiger partial charge in [0.15, 0.2) is 5.84 Å². The van der Waals surface area contributed by atoms with Gasteiger partial charge in [-0.15, -0.1) is 0 Å². The van der Waals surface area contributed by atoms with Gasteiger partial charge in [0.25, 0.3) is 5.91 Å². The van der Waals surface area contributed by atoms with Crippen LogP contribution < -0.4 is 4.74 Å². The number of fused-ring (bicyclic) bond motifs is 2. The number of aromatic nitrogens is 1. The van der Waals surface area contributed by atoms with E-state index in [1.807, 2.05) is 36.5 Å². The lowest BCUT2D eigenvalue weighted by molar-refractivity contribution is -0.114. The fourth-order valence-electron chi connectivity index (χ4n) is 4.57. The van der Waals surface area contributed by atoms with Crippen molar-refractivity contribution in [1.29, 1.82) is 5.41 Å². The molecule has 8 heteroatoms. The number of rotatable bonds is 9. The Hall–Kier alpha value is -3.65. The number of thioether (sulfide) groups is 1. The maximum atomic E-state index is 12.9. The highest BCUT2D eigenvalue weighted by Crippen LogP contribution is 2.32. The molecular formula is C29H31N5O2S. The van der Waals surface area contributed by atoms with E-state index in [1.54, 1.807) is 6.08 Å². The first-order valence-electron chi connectivity index (χ1n) is 12.8. The van der Waals surface area contributed by atoms with Gasteiger partial charge in [0.1, 0.15) is 17.4 Å². The zero-order valence-corrected chi connectivity index (χ0v) is 22.2. The van der Waals surface area contributed by atoms with Crippen molar-refractivity contribution in [2.24, 2.45) is 10.1 Å². The molecule has 2 aliphatic rings. The molecule has 0 saturated heterocycles. The highest BCUT2D eigenvalue weighted by Gasteiger charge is 2.35. The standard InChI is InChI=1S/C29H31N5O2S/c1-4-10-26-32-34-27(30)23(28(35)31-29(34)37-26)17-20-18-33(24-13-8-6-12-22(20)24)15-16-36-25-14-9-7-11-21(25)19(3)5-2/h6-9,11-14,17-19,30H,4-5,10,15-16H2,1-3H3/b23-17-,30-27?. The van der Waals surface area contributed by atoms with Gasteiger partial charge in [0.05, 0.1) is 12.1 Å². The molecule has 1 aromatic heterocycles. The molecule has 0 bridgehead atoms. The number of carbonyl (C=O) groups is 1. The molecule has 5 rings (SSSR count). The summed E-state index contributed by atoms with van der Waals surface area (Å²) in [6.07, 6.45) is 6.59. The van der Waals surface area contributed by atoms with Crippen LogP contribution in [-0.2, 0) is 11.3 Å². The summed E-state index contributed by atoms with van der Waals surface area (Å²) in [6.45, 7) is 7.65. The van der Waals surface area contributed by atoms with Crippen molar-refractivity contribution >= 4 is 50.7 Å². The van der Waals surface area contributed by atoms with E-state index in [4.69, 9.17) is 10.1 Å². The maximum absolute atomic E-state index is 12.9. The molecule has 1 amide bonds. The summed E-state index contributed by atoms with van der Waals surface area (Å²) in [5.74, 6) is 1.02. The van der Waals surface area contributed by atoms with Gasteiger partial charge in [0, 0.05) is 22.7 Å². The lowest BCUT2D eigenvalue weighted by Gasteiger charge is -2.20. The van der Waals surface area contributed by atoms with E-state index in [1.165, 1.54) is 22.3 Å². The highest BCUT2D eigenvalue weighted by molar-refractivity contribution is 8.26. The molecule has 2 aromatic carbocycles. The summed E-state index contributed by atoms with van der Waals surface area (Å²) in [4.78, 5) is 17.1. The Morgan fingerprint density at radius 2 is 1.92 bits per heavy atom. The Morgan fingerprint density at radius 1 is 1.14 bits per heavy atom. The van der Waals surface area contributed by atoms with Crippen LogP contribution in [0.25, 0.3) is 17.0 Å². The van der Waals surface area contributed by atoms with Crippen molar-refractivity contribution in [3.05, 3.63) is 71.4 Å². The van der Waals surface area contributed by atoms with Gasteiger partial charge in [0.2, 0.25) is 5.17 Å². The Balaban J connectivity index is 1.40. The maximum Gasteiger partial charge on any atom is 0.283 e. The number of amides is 1. The van der Waals surface area contributed by atoms with E-state index >= 15 is 0 Å². The summed E-state index contributed by atoms with van der Waals surface area (Å²) >= 11 is 1.37. The van der Waals surface area contributed by atoms with Crippen molar-refractivity contribution in [1.82, 2.24) is 9.58 Å². The molecule has 0 radical (unpaired) electrons. The number of para-hydroxylation sites is 2. The second-order valence-electron chi connectivity index (χ2n) is 9.25. The molecule has 37 heavy (non-hydrogen) atoms. The van der Waals surface area contributed by atoms with Gasteiger partial charge in [-0.3, -0.25) is 10.2 Å². The first-order valence-corrected chi connectivity index (χ1v) is 13.6. The number of ether oxygens (including phenoxy) is 1. The summed E-state index contributed by atoms with van der Waals surface area (Å²) in [5.41, 5.74) is 3.39. The second kappa shape index (κ2) is 10.8. The van der Waals surface area contributed by atoms with Crippen LogP contribution in [0.3, 0.4) is 0 Å². The van der Waals surface area contributed by atoms with Gasteiger partial charge in [-0.25, -0.2) is 0 Å². The Labute approximate surface area is 221 Å². The molecule has 0 aliphatic carbocycles. The van der Waals surface area contributed by atoms with Crippen LogP contribution in [-0.4, -0.2) is 38.1 Å². The van der Waals surface area contributed by atoms with Gasteiger partial charge >= 0.3 is 0 Å². The Kier molecular flexibility index (Phi) is 7.28. The van der Waals surface area contributed by atoms with Crippen LogP contribution in [0.4, 0.5) is 0 Å². The SMILES string of the molecule is CCCC1=NN2C(=N)/C(=C/c3cn(CCOc4ccccc4C(C)CC)c4ccccc34)C(=O)N=C2S1. The molecule has 1 atom stereocenters. The molecule has 3 aromatic rings. The molecule has 190 valence electrons. The largest absolute Gasteiger partial charge is 0.491 e. The van der Waals surface area contributed by atoms with Gasteiger partial charge in [-0.1, -0.05) is 57.2 Å². The quantitative estimate of drug-likeness (QED) is 0.325. The average molecular weight is 514 g/mol. The Bertz CT molecular complexity index is 1450. The second-order valence-corrected chi connectivity index (χ2v) is 10.3. The van der Waals surface area contributed by atoms with Crippen molar-refractivity contribution in [2.75, 3.05) is 6.61 Å². The molecule has 1 unspecified atom stereocenters. The van der Waals surface area contributed by atoms with Crippen molar-refractivity contribution < 1.29 is 9.53 Å². The predicted molar refractivity (Wildman–Crippen MR) is 152 cm³/mol. The number of nitrogens with zero attached hydrogens (tertiary/aromatic N) is 4. The van der Waals surface area contributed by atoms with Crippen LogP contribution in [0.1, 0.15) is 57.1 Å². The van der Waals surface area contributed by atoms with Gasteiger partial charge in [-0.2, -0.15) is 15.1 Å². The van der Waals surface area contributed by atoms with Crippen molar-refractivity contribution in [2.45, 2.75) is 52.5 Å². The average Bonchev–Trinajstić information content (AvgIpc) is 3.47. The van der Waals surface area contributed by atoms with E-state index in [9.17, 15) is 4.79 Å². The zero-order chi connectivity index (χ0) is 25.9. The van der Waals surface area contributed by atoms with E-state index in [0.717, 1.165) is 46.5 Å². The normalized spacial score (nSPS) is 17.3. The van der Waals surface area contributed by atoms with E-state index < -0.39 is 5.91 Å². The minimum Gasteiger partial charge on any atom is -0.491 e. The highest BCUT2D eigenvalue weighted by atomic mass is 32.2.